The fourth-order valence-electron chi connectivity index (χ4n) is 3.95. The van der Waals surface area contributed by atoms with Crippen LogP contribution in [0.15, 0.2) is 18.2 Å². The van der Waals surface area contributed by atoms with Crippen LogP contribution in [0, 0.1) is 25.2 Å². The lowest BCUT2D eigenvalue weighted by atomic mass is 9.79. The number of carbonyl (C=O) groups excluding carboxylic acids is 2. The van der Waals surface area contributed by atoms with E-state index in [1.165, 1.54) is 0 Å². The Morgan fingerprint density at radius 3 is 2.68 bits per heavy atom. The molecule has 0 aliphatic carbocycles. The Hall–Kier alpha value is -1.88. The monoisotopic (exact) mass is 343 g/mol. The van der Waals surface area contributed by atoms with Crippen LogP contribution >= 0.6 is 0 Å². The highest BCUT2D eigenvalue weighted by atomic mass is 16.2. The topological polar surface area (TPSA) is 66.6 Å². The van der Waals surface area contributed by atoms with Gasteiger partial charge in [-0.05, 0) is 42.9 Å². The van der Waals surface area contributed by atoms with Gasteiger partial charge < -0.3 is 15.5 Å². The predicted octanol–water partition coefficient (Wildman–Crippen LogP) is 2.24. The maximum Gasteiger partial charge on any atom is 0.228 e. The van der Waals surface area contributed by atoms with Crippen LogP contribution in [0.2, 0.25) is 0 Å². The average Bonchev–Trinajstić information content (AvgIpc) is 2.93. The third kappa shape index (κ3) is 3.30. The zero-order valence-corrected chi connectivity index (χ0v) is 15.7. The quantitative estimate of drug-likeness (QED) is 0.895. The largest absolute Gasteiger partial charge is 0.342 e. The van der Waals surface area contributed by atoms with Gasteiger partial charge in [0.1, 0.15) is 0 Å². The lowest BCUT2D eigenvalue weighted by Crippen LogP contribution is -2.55. The van der Waals surface area contributed by atoms with Crippen molar-refractivity contribution in [1.29, 1.82) is 0 Å². The molecule has 2 unspecified atom stereocenters. The second kappa shape index (κ2) is 6.45. The van der Waals surface area contributed by atoms with E-state index in [1.807, 2.05) is 36.9 Å². The Bertz CT molecular complexity index is 698. The van der Waals surface area contributed by atoms with Crippen LogP contribution in [0.5, 0.6) is 0 Å². The van der Waals surface area contributed by atoms with Crippen molar-refractivity contribution in [3.63, 3.8) is 0 Å². The molecular formula is C20H29N3O2. The molecule has 0 spiro atoms. The molecule has 0 bridgehead atoms. The lowest BCUT2D eigenvalue weighted by molar-refractivity contribution is -0.139. The average molecular weight is 343 g/mol. The Kier molecular flexibility index (Phi) is 4.62. The minimum atomic E-state index is -0.252. The molecule has 2 atom stereocenters. The number of anilines is 1. The summed E-state index contributed by atoms with van der Waals surface area (Å²) in [5.74, 6) is -0.112. The number of carbonyl (C=O) groups is 2. The summed E-state index contributed by atoms with van der Waals surface area (Å²) >= 11 is 0. The molecule has 2 saturated heterocycles. The fourth-order valence-corrected chi connectivity index (χ4v) is 3.95. The molecule has 136 valence electrons. The summed E-state index contributed by atoms with van der Waals surface area (Å²) in [4.78, 5) is 29.2. The Morgan fingerprint density at radius 1 is 1.28 bits per heavy atom. The van der Waals surface area contributed by atoms with E-state index in [0.717, 1.165) is 23.2 Å². The molecule has 1 aromatic carbocycles. The lowest BCUT2D eigenvalue weighted by Gasteiger charge is -2.43. The number of nitrogens with zero attached hydrogens (tertiary/aromatic N) is 2. The second-order valence-electron chi connectivity index (χ2n) is 8.27. The van der Waals surface area contributed by atoms with Crippen LogP contribution in [0.3, 0.4) is 0 Å². The van der Waals surface area contributed by atoms with E-state index in [2.05, 4.69) is 13.8 Å². The number of likely N-dealkylation sites (tertiary alicyclic amines) is 1. The van der Waals surface area contributed by atoms with Crippen LogP contribution in [0.4, 0.5) is 5.69 Å². The number of nitrogens with two attached hydrogens (primary N) is 1. The number of aryl methyl sites for hydroxylation is 1. The molecular weight excluding hydrogens is 314 g/mol. The van der Waals surface area contributed by atoms with Crippen molar-refractivity contribution in [2.24, 2.45) is 17.1 Å². The van der Waals surface area contributed by atoms with E-state index in [9.17, 15) is 9.59 Å². The SMILES string of the molecule is Cc1cccc(N2CC(C(=O)N3CCC(N)C(C)(C)C3)CC2=O)c1C. The van der Waals surface area contributed by atoms with E-state index in [4.69, 9.17) is 5.73 Å². The molecule has 0 aromatic heterocycles. The molecule has 0 saturated carbocycles. The first-order chi connectivity index (χ1) is 11.7. The highest BCUT2D eigenvalue weighted by Crippen LogP contribution is 2.33. The van der Waals surface area contributed by atoms with Crippen molar-refractivity contribution in [3.8, 4) is 0 Å². The summed E-state index contributed by atoms with van der Waals surface area (Å²) in [5, 5.41) is 0. The van der Waals surface area contributed by atoms with Crippen molar-refractivity contribution < 1.29 is 9.59 Å². The maximum atomic E-state index is 13.0. The normalized spacial score (nSPS) is 26.2. The summed E-state index contributed by atoms with van der Waals surface area (Å²) in [7, 11) is 0. The van der Waals surface area contributed by atoms with Crippen LogP contribution in [0.25, 0.3) is 0 Å². The highest BCUT2D eigenvalue weighted by molar-refractivity contribution is 6.01. The smallest absolute Gasteiger partial charge is 0.228 e. The third-order valence-corrected chi connectivity index (χ3v) is 5.96. The van der Waals surface area contributed by atoms with Gasteiger partial charge in [-0.1, -0.05) is 26.0 Å². The van der Waals surface area contributed by atoms with Gasteiger partial charge in [-0.3, -0.25) is 9.59 Å². The standard InChI is InChI=1S/C20H29N3O2/c1-13-6-5-7-16(14(13)2)23-11-15(10-18(23)24)19(25)22-9-8-17(21)20(3,4)12-22/h5-7,15,17H,8-12,21H2,1-4H3. The fraction of sp³-hybridized carbons (Fsp3) is 0.600. The molecule has 5 heteroatoms. The van der Waals surface area contributed by atoms with Gasteiger partial charge in [-0.15, -0.1) is 0 Å². The third-order valence-electron chi connectivity index (χ3n) is 5.96. The number of rotatable bonds is 2. The van der Waals surface area contributed by atoms with E-state index in [1.54, 1.807) is 4.90 Å². The van der Waals surface area contributed by atoms with Crippen molar-refractivity contribution in [1.82, 2.24) is 4.90 Å². The predicted molar refractivity (Wildman–Crippen MR) is 99.3 cm³/mol. The molecule has 2 amide bonds. The Balaban J connectivity index is 1.74. The molecule has 2 aliphatic rings. The summed E-state index contributed by atoms with van der Waals surface area (Å²) in [5.41, 5.74) is 9.30. The van der Waals surface area contributed by atoms with Gasteiger partial charge >= 0.3 is 0 Å². The summed E-state index contributed by atoms with van der Waals surface area (Å²) in [6, 6.07) is 6.10. The number of benzene rings is 1. The van der Waals surface area contributed by atoms with Crippen LogP contribution in [0.1, 0.15) is 37.8 Å². The van der Waals surface area contributed by atoms with Crippen LogP contribution in [-0.4, -0.2) is 42.4 Å². The molecule has 1 aromatic rings. The van der Waals surface area contributed by atoms with Gasteiger partial charge in [0, 0.05) is 37.8 Å². The zero-order chi connectivity index (χ0) is 18.4. The van der Waals surface area contributed by atoms with Crippen LogP contribution < -0.4 is 10.6 Å². The number of hydrogen-bond acceptors (Lipinski definition) is 3. The first kappa shape index (κ1) is 17.9. The number of amides is 2. The molecule has 2 heterocycles. The van der Waals surface area contributed by atoms with Crippen molar-refractivity contribution in [2.45, 2.75) is 46.6 Å². The number of hydrogen-bond donors (Lipinski definition) is 1. The van der Waals surface area contributed by atoms with Gasteiger partial charge in [0.15, 0.2) is 0 Å². The Morgan fingerprint density at radius 2 is 2.00 bits per heavy atom. The van der Waals surface area contributed by atoms with E-state index >= 15 is 0 Å². The van der Waals surface area contributed by atoms with Crippen molar-refractivity contribution in [3.05, 3.63) is 29.3 Å². The summed E-state index contributed by atoms with van der Waals surface area (Å²) in [6.45, 7) is 10.1. The summed E-state index contributed by atoms with van der Waals surface area (Å²) < 4.78 is 0. The molecule has 2 fully saturated rings. The van der Waals surface area contributed by atoms with Gasteiger partial charge in [0.05, 0.1) is 5.92 Å². The van der Waals surface area contributed by atoms with Gasteiger partial charge in [-0.2, -0.15) is 0 Å². The first-order valence-corrected chi connectivity index (χ1v) is 9.11. The molecule has 2 N–H and O–H groups in total. The molecule has 5 nitrogen and oxygen atoms in total. The Labute approximate surface area is 150 Å². The van der Waals surface area contributed by atoms with Gasteiger partial charge in [0.25, 0.3) is 0 Å². The minimum Gasteiger partial charge on any atom is -0.342 e. The molecule has 0 radical (unpaired) electrons. The van der Waals surface area contributed by atoms with Gasteiger partial charge in [-0.25, -0.2) is 0 Å². The van der Waals surface area contributed by atoms with Gasteiger partial charge in [0.2, 0.25) is 11.8 Å². The van der Waals surface area contributed by atoms with Crippen molar-refractivity contribution >= 4 is 17.5 Å². The minimum absolute atomic E-state index is 0.0417. The first-order valence-electron chi connectivity index (χ1n) is 9.11. The second-order valence-corrected chi connectivity index (χ2v) is 8.27. The van der Waals surface area contributed by atoms with E-state index in [-0.39, 0.29) is 29.2 Å². The zero-order valence-electron chi connectivity index (χ0n) is 15.7. The van der Waals surface area contributed by atoms with Crippen molar-refractivity contribution in [2.75, 3.05) is 24.5 Å². The van der Waals surface area contributed by atoms with E-state index < -0.39 is 0 Å². The van der Waals surface area contributed by atoms with Crippen LogP contribution in [-0.2, 0) is 9.59 Å². The number of piperidine rings is 1. The molecule has 3 rings (SSSR count). The summed E-state index contributed by atoms with van der Waals surface area (Å²) in [6.07, 6.45) is 1.12. The highest BCUT2D eigenvalue weighted by Gasteiger charge is 2.41. The molecule has 25 heavy (non-hydrogen) atoms. The maximum absolute atomic E-state index is 13.0. The van der Waals surface area contributed by atoms with E-state index in [0.29, 0.717) is 26.1 Å². The molecule has 2 aliphatic heterocycles.